The van der Waals surface area contributed by atoms with Crippen LogP contribution in [0.25, 0.3) is 17.2 Å². The molecule has 1 heterocycles. The molecule has 0 atom stereocenters. The molecule has 0 amide bonds. The molecule has 0 saturated heterocycles. The Balaban J connectivity index is 2.15. The minimum absolute atomic E-state index is 0.253. The Bertz CT molecular complexity index is 946. The third-order valence-corrected chi connectivity index (χ3v) is 5.08. The number of carbonyl (C=O) groups excluding carboxylic acids is 1. The van der Waals surface area contributed by atoms with Gasteiger partial charge in [-0.25, -0.2) is 5.84 Å². The summed E-state index contributed by atoms with van der Waals surface area (Å²) in [5.41, 5.74) is 4.43. The molecule has 0 bridgehead atoms. The van der Waals surface area contributed by atoms with Crippen molar-refractivity contribution in [2.24, 2.45) is 5.84 Å². The average Bonchev–Trinajstić information content (AvgIpc) is 2.77. The summed E-state index contributed by atoms with van der Waals surface area (Å²) in [6, 6.07) is 7.64. The van der Waals surface area contributed by atoms with Crippen molar-refractivity contribution in [1.29, 1.82) is 0 Å². The number of nitrogens with two attached hydrogens (primary N) is 1. The molecule has 0 saturated carbocycles. The van der Waals surface area contributed by atoms with Gasteiger partial charge in [-0.15, -0.1) is 0 Å². The van der Waals surface area contributed by atoms with Gasteiger partial charge in [0.15, 0.2) is 0 Å². The van der Waals surface area contributed by atoms with Crippen molar-refractivity contribution in [2.75, 3.05) is 20.8 Å². The second-order valence-electron chi connectivity index (χ2n) is 7.23. The summed E-state index contributed by atoms with van der Waals surface area (Å²) in [4.78, 5) is 12.1. The molecule has 1 aliphatic heterocycles. The fourth-order valence-corrected chi connectivity index (χ4v) is 3.64. The Labute approximate surface area is 183 Å². The number of carbonyl (C=O) groups is 1. The molecular formula is C24H30N2O5. The van der Waals surface area contributed by atoms with Crippen molar-refractivity contribution < 1.29 is 23.7 Å². The lowest BCUT2D eigenvalue weighted by Gasteiger charge is -2.26. The summed E-state index contributed by atoms with van der Waals surface area (Å²) < 4.78 is 22.6. The number of esters is 1. The third-order valence-electron chi connectivity index (χ3n) is 5.08. The van der Waals surface area contributed by atoms with E-state index in [0.29, 0.717) is 43.4 Å². The van der Waals surface area contributed by atoms with E-state index in [0.717, 1.165) is 34.2 Å². The number of fused-ring (bicyclic) bond motifs is 1. The third kappa shape index (κ3) is 5.00. The van der Waals surface area contributed by atoms with Gasteiger partial charge in [0.1, 0.15) is 17.2 Å². The molecular weight excluding hydrogens is 396 g/mol. The van der Waals surface area contributed by atoms with Gasteiger partial charge in [-0.2, -0.15) is 0 Å². The topological polar surface area (TPSA) is 83.3 Å². The Kier molecular flexibility index (Phi) is 7.55. The van der Waals surface area contributed by atoms with Crippen molar-refractivity contribution in [2.45, 2.75) is 39.8 Å². The van der Waals surface area contributed by atoms with E-state index >= 15 is 0 Å². The monoisotopic (exact) mass is 426 g/mol. The standard InChI is InChI=1S/C24H30N2O5/c1-5-7-23(27)31-20-9-8-18(19-14-26(25)11-10-17(19)20)24-21(28-3)12-16(15-30-6-2)13-22(24)29-4/h8-13H,5-7,14-15,25H2,1-4H3. The van der Waals surface area contributed by atoms with Crippen molar-refractivity contribution >= 4 is 12.0 Å². The van der Waals surface area contributed by atoms with Crippen LogP contribution in [-0.2, 0) is 22.7 Å². The minimum atomic E-state index is -0.253. The molecule has 0 aromatic heterocycles. The van der Waals surface area contributed by atoms with Crippen molar-refractivity contribution in [1.82, 2.24) is 5.01 Å². The quantitative estimate of drug-likeness (QED) is 0.364. The fraction of sp³-hybridized carbons (Fsp3) is 0.375. The summed E-state index contributed by atoms with van der Waals surface area (Å²) in [6.07, 6.45) is 4.72. The van der Waals surface area contributed by atoms with Crippen LogP contribution >= 0.6 is 0 Å². The maximum Gasteiger partial charge on any atom is 0.311 e. The number of nitrogens with zero attached hydrogens (tertiary/aromatic N) is 1. The fourth-order valence-electron chi connectivity index (χ4n) is 3.64. The summed E-state index contributed by atoms with van der Waals surface area (Å²) in [5.74, 6) is 7.69. The molecule has 2 aromatic rings. The van der Waals surface area contributed by atoms with Crippen LogP contribution < -0.4 is 20.1 Å². The summed E-state index contributed by atoms with van der Waals surface area (Å²) in [7, 11) is 3.26. The molecule has 1 aliphatic rings. The smallest absolute Gasteiger partial charge is 0.311 e. The second-order valence-corrected chi connectivity index (χ2v) is 7.23. The maximum absolute atomic E-state index is 12.1. The molecule has 0 radical (unpaired) electrons. The van der Waals surface area contributed by atoms with Crippen molar-refractivity contribution in [3.8, 4) is 28.4 Å². The number of benzene rings is 2. The summed E-state index contributed by atoms with van der Waals surface area (Å²) >= 11 is 0. The lowest BCUT2D eigenvalue weighted by molar-refractivity contribution is -0.134. The molecule has 7 heteroatoms. The van der Waals surface area contributed by atoms with Crippen LogP contribution in [0.1, 0.15) is 43.4 Å². The summed E-state index contributed by atoms with van der Waals surface area (Å²) in [5, 5.41) is 1.59. The minimum Gasteiger partial charge on any atom is -0.496 e. The molecule has 166 valence electrons. The van der Waals surface area contributed by atoms with Crippen LogP contribution in [0.4, 0.5) is 0 Å². The molecule has 31 heavy (non-hydrogen) atoms. The SMILES string of the molecule is CCCC(=O)Oc1ccc(-c2c(OC)cc(COCC)cc2OC)c2c1C=CN(N)C2. The summed E-state index contributed by atoms with van der Waals surface area (Å²) in [6.45, 7) is 5.44. The van der Waals surface area contributed by atoms with Crippen LogP contribution in [0.5, 0.6) is 17.2 Å². The predicted molar refractivity (Wildman–Crippen MR) is 120 cm³/mol. The van der Waals surface area contributed by atoms with Crippen LogP contribution in [0.2, 0.25) is 0 Å². The van der Waals surface area contributed by atoms with Gasteiger partial charge in [0.25, 0.3) is 0 Å². The highest BCUT2D eigenvalue weighted by atomic mass is 16.5. The molecule has 3 rings (SSSR count). The number of hydrogen-bond acceptors (Lipinski definition) is 7. The zero-order valence-corrected chi connectivity index (χ0v) is 18.6. The Morgan fingerprint density at radius 2 is 1.81 bits per heavy atom. The molecule has 0 aliphatic carbocycles. The first-order chi connectivity index (χ1) is 15.0. The second kappa shape index (κ2) is 10.3. The van der Waals surface area contributed by atoms with Crippen LogP contribution in [0.3, 0.4) is 0 Å². The van der Waals surface area contributed by atoms with E-state index in [-0.39, 0.29) is 5.97 Å². The number of hydrogen-bond donors (Lipinski definition) is 1. The lowest BCUT2D eigenvalue weighted by atomic mass is 9.91. The van der Waals surface area contributed by atoms with E-state index in [1.54, 1.807) is 25.4 Å². The van der Waals surface area contributed by atoms with Gasteiger partial charge >= 0.3 is 5.97 Å². The van der Waals surface area contributed by atoms with Gasteiger partial charge in [-0.3, -0.25) is 4.79 Å². The first-order valence-corrected chi connectivity index (χ1v) is 10.4. The Hall–Kier alpha value is -3.03. The molecule has 2 N–H and O–H groups in total. The largest absolute Gasteiger partial charge is 0.496 e. The zero-order valence-electron chi connectivity index (χ0n) is 18.6. The van der Waals surface area contributed by atoms with Gasteiger partial charge in [-0.1, -0.05) is 13.0 Å². The number of methoxy groups -OCH3 is 2. The maximum atomic E-state index is 12.1. The van der Waals surface area contributed by atoms with E-state index in [1.807, 2.05) is 44.2 Å². The van der Waals surface area contributed by atoms with E-state index in [1.165, 1.54) is 0 Å². The van der Waals surface area contributed by atoms with Crippen LogP contribution in [-0.4, -0.2) is 31.8 Å². The van der Waals surface area contributed by atoms with Gasteiger partial charge in [-0.05, 0) is 54.3 Å². The van der Waals surface area contributed by atoms with Gasteiger partial charge in [0, 0.05) is 24.8 Å². The van der Waals surface area contributed by atoms with E-state index < -0.39 is 0 Å². The normalized spacial score (nSPS) is 12.5. The van der Waals surface area contributed by atoms with Gasteiger partial charge in [0.2, 0.25) is 0 Å². The van der Waals surface area contributed by atoms with Crippen LogP contribution in [0, 0.1) is 0 Å². The van der Waals surface area contributed by atoms with Gasteiger partial charge < -0.3 is 24.0 Å². The lowest BCUT2D eigenvalue weighted by Crippen LogP contribution is -2.27. The number of ether oxygens (including phenoxy) is 4. The molecule has 0 spiro atoms. The van der Waals surface area contributed by atoms with Crippen molar-refractivity contribution in [3.05, 3.63) is 47.2 Å². The Morgan fingerprint density at radius 1 is 1.10 bits per heavy atom. The van der Waals surface area contributed by atoms with Crippen molar-refractivity contribution in [3.63, 3.8) is 0 Å². The van der Waals surface area contributed by atoms with E-state index in [4.69, 9.17) is 24.8 Å². The van der Waals surface area contributed by atoms with E-state index in [2.05, 4.69) is 0 Å². The van der Waals surface area contributed by atoms with E-state index in [9.17, 15) is 4.79 Å². The first-order valence-electron chi connectivity index (χ1n) is 10.4. The Morgan fingerprint density at radius 3 is 2.42 bits per heavy atom. The highest BCUT2D eigenvalue weighted by Crippen LogP contribution is 2.45. The zero-order chi connectivity index (χ0) is 22.4. The van der Waals surface area contributed by atoms with Gasteiger partial charge in [0.05, 0.1) is 32.9 Å². The molecule has 0 fully saturated rings. The molecule has 0 unspecified atom stereocenters. The van der Waals surface area contributed by atoms with Crippen LogP contribution in [0.15, 0.2) is 30.5 Å². The number of hydrazine groups is 1. The molecule has 7 nitrogen and oxygen atoms in total. The first kappa shape index (κ1) is 22.7. The highest BCUT2D eigenvalue weighted by Gasteiger charge is 2.24. The highest BCUT2D eigenvalue weighted by molar-refractivity contribution is 5.85. The average molecular weight is 427 g/mol. The number of rotatable bonds is 9. The molecule has 2 aromatic carbocycles. The predicted octanol–water partition coefficient (Wildman–Crippen LogP) is 4.27.